The van der Waals surface area contributed by atoms with Crippen LogP contribution < -0.4 is 5.73 Å². The van der Waals surface area contributed by atoms with E-state index in [0.29, 0.717) is 0 Å². The van der Waals surface area contributed by atoms with Crippen LogP contribution in [0.5, 0.6) is 0 Å². The second-order valence-electron chi connectivity index (χ2n) is 4.99. The zero-order chi connectivity index (χ0) is 12.8. The summed E-state index contributed by atoms with van der Waals surface area (Å²) < 4.78 is 1.31. The first-order valence-corrected chi connectivity index (χ1v) is 8.82. The third kappa shape index (κ3) is 4.01. The number of halogens is 1. The minimum absolute atomic E-state index is 0.763. The van der Waals surface area contributed by atoms with Crippen molar-refractivity contribution in [2.75, 3.05) is 18.1 Å². The van der Waals surface area contributed by atoms with Gasteiger partial charge in [0.05, 0.1) is 0 Å². The van der Waals surface area contributed by atoms with Crippen LogP contribution in [0, 0.1) is 0 Å². The Hall–Kier alpha value is 0.01000. The molecule has 2 N–H and O–H groups in total. The summed E-state index contributed by atoms with van der Waals surface area (Å²) in [6.45, 7) is 0.805. The van der Waals surface area contributed by atoms with Gasteiger partial charge in [-0.15, -0.1) is 0 Å². The molecule has 1 fully saturated rings. The number of hydrogen-bond donors (Lipinski definition) is 1. The van der Waals surface area contributed by atoms with Gasteiger partial charge in [-0.1, -0.05) is 28.1 Å². The second-order valence-corrected chi connectivity index (χ2v) is 7.07. The number of hydrogen-bond acceptors (Lipinski definition) is 2. The van der Waals surface area contributed by atoms with Gasteiger partial charge in [0.1, 0.15) is 0 Å². The largest absolute Gasteiger partial charge is 0.330 e. The van der Waals surface area contributed by atoms with Crippen LogP contribution in [0.15, 0.2) is 22.7 Å². The van der Waals surface area contributed by atoms with E-state index in [0.717, 1.165) is 25.3 Å². The fourth-order valence-corrected chi connectivity index (χ4v) is 4.40. The van der Waals surface area contributed by atoms with Gasteiger partial charge in [0.15, 0.2) is 0 Å². The topological polar surface area (TPSA) is 26.0 Å². The number of unbranched alkanes of at least 4 members (excludes halogenated alkanes) is 1. The maximum Gasteiger partial charge on any atom is 0.0212 e. The van der Waals surface area contributed by atoms with Gasteiger partial charge >= 0.3 is 0 Å². The van der Waals surface area contributed by atoms with Crippen molar-refractivity contribution < 1.29 is 0 Å². The highest BCUT2D eigenvalue weighted by Gasteiger charge is 2.17. The van der Waals surface area contributed by atoms with E-state index in [4.69, 9.17) is 5.73 Å². The lowest BCUT2D eigenvalue weighted by atomic mass is 9.92. The van der Waals surface area contributed by atoms with Gasteiger partial charge in [-0.3, -0.25) is 0 Å². The Kier molecular flexibility index (Phi) is 6.06. The third-order valence-corrected chi connectivity index (χ3v) is 5.38. The van der Waals surface area contributed by atoms with Gasteiger partial charge in [-0.05, 0) is 73.3 Å². The first-order chi connectivity index (χ1) is 8.81. The van der Waals surface area contributed by atoms with Crippen molar-refractivity contribution >= 4 is 27.7 Å². The highest BCUT2D eigenvalue weighted by atomic mass is 79.9. The molecule has 1 aliphatic heterocycles. The fraction of sp³-hybridized carbons (Fsp3) is 0.600. The average molecular weight is 328 g/mol. The molecule has 1 saturated heterocycles. The maximum absolute atomic E-state index is 5.53. The number of thioether (sulfide) groups is 1. The van der Waals surface area contributed by atoms with Crippen LogP contribution in [0.1, 0.15) is 42.7 Å². The zero-order valence-electron chi connectivity index (χ0n) is 10.8. The number of aryl methyl sites for hydroxylation is 1. The van der Waals surface area contributed by atoms with Crippen LogP contribution in [-0.4, -0.2) is 18.1 Å². The molecule has 1 aromatic rings. The first-order valence-electron chi connectivity index (χ1n) is 6.87. The first kappa shape index (κ1) is 14.4. The molecule has 0 bridgehead atoms. The van der Waals surface area contributed by atoms with Gasteiger partial charge in [0, 0.05) is 4.47 Å². The molecule has 3 heteroatoms. The molecule has 0 aromatic heterocycles. The van der Waals surface area contributed by atoms with Crippen LogP contribution in [-0.2, 0) is 6.42 Å². The Labute approximate surface area is 123 Å². The number of benzene rings is 1. The van der Waals surface area contributed by atoms with Crippen molar-refractivity contribution in [1.29, 1.82) is 0 Å². The van der Waals surface area contributed by atoms with Crippen LogP contribution in [0.4, 0.5) is 0 Å². The number of nitrogens with two attached hydrogens (primary N) is 1. The Balaban J connectivity index is 2.00. The van der Waals surface area contributed by atoms with Crippen molar-refractivity contribution in [1.82, 2.24) is 0 Å². The lowest BCUT2D eigenvalue weighted by Crippen LogP contribution is -2.08. The van der Waals surface area contributed by atoms with E-state index in [1.54, 1.807) is 0 Å². The fourth-order valence-electron chi connectivity index (χ4n) is 2.54. The molecule has 0 atom stereocenters. The summed E-state index contributed by atoms with van der Waals surface area (Å²) in [5.41, 5.74) is 8.48. The zero-order valence-corrected chi connectivity index (χ0v) is 13.2. The lowest BCUT2D eigenvalue weighted by Gasteiger charge is -2.23. The lowest BCUT2D eigenvalue weighted by molar-refractivity contribution is 0.634. The molecule has 1 heterocycles. The van der Waals surface area contributed by atoms with Crippen LogP contribution >= 0.6 is 27.7 Å². The minimum atomic E-state index is 0.763. The molecule has 100 valence electrons. The highest BCUT2D eigenvalue weighted by Crippen LogP contribution is 2.35. The molecule has 2 rings (SSSR count). The van der Waals surface area contributed by atoms with Gasteiger partial charge in [-0.25, -0.2) is 0 Å². The van der Waals surface area contributed by atoms with Crippen LogP contribution in [0.25, 0.3) is 0 Å². The second kappa shape index (κ2) is 7.56. The summed E-state index contributed by atoms with van der Waals surface area (Å²) in [5.74, 6) is 3.39. The summed E-state index contributed by atoms with van der Waals surface area (Å²) in [5, 5.41) is 0. The molecule has 1 nitrogen and oxygen atoms in total. The van der Waals surface area contributed by atoms with E-state index in [1.165, 1.54) is 46.4 Å². The van der Waals surface area contributed by atoms with Crippen molar-refractivity contribution in [3.63, 3.8) is 0 Å². The molecule has 0 radical (unpaired) electrons. The summed E-state index contributed by atoms with van der Waals surface area (Å²) in [6.07, 6.45) is 6.13. The molecular weight excluding hydrogens is 306 g/mol. The summed E-state index contributed by atoms with van der Waals surface area (Å²) >= 11 is 5.85. The smallest absolute Gasteiger partial charge is 0.0212 e. The van der Waals surface area contributed by atoms with E-state index >= 15 is 0 Å². The normalized spacial score (nSPS) is 17.0. The Morgan fingerprint density at radius 2 is 2.00 bits per heavy atom. The minimum Gasteiger partial charge on any atom is -0.330 e. The molecule has 0 unspecified atom stereocenters. The summed E-state index contributed by atoms with van der Waals surface area (Å²) in [7, 11) is 0. The molecule has 0 saturated carbocycles. The van der Waals surface area contributed by atoms with Crippen molar-refractivity contribution in [3.8, 4) is 0 Å². The molecule has 0 amide bonds. The summed E-state index contributed by atoms with van der Waals surface area (Å²) in [6, 6.07) is 6.95. The van der Waals surface area contributed by atoms with Crippen LogP contribution in [0.3, 0.4) is 0 Å². The predicted molar refractivity (Wildman–Crippen MR) is 85.4 cm³/mol. The third-order valence-electron chi connectivity index (χ3n) is 3.65. The molecular formula is C15H22BrNS. The highest BCUT2D eigenvalue weighted by molar-refractivity contribution is 9.10. The quantitative estimate of drug-likeness (QED) is 0.814. The average Bonchev–Trinajstić information content (AvgIpc) is 2.40. The standard InChI is InChI=1S/C15H22BrNS/c16-15-11-12(3-1-2-8-17)4-5-14(15)13-6-9-18-10-7-13/h4-5,11,13H,1-3,6-10,17H2. The molecule has 0 aliphatic carbocycles. The van der Waals surface area contributed by atoms with E-state index in [9.17, 15) is 0 Å². The van der Waals surface area contributed by atoms with Crippen molar-refractivity contribution in [2.24, 2.45) is 5.73 Å². The monoisotopic (exact) mass is 327 g/mol. The van der Waals surface area contributed by atoms with E-state index in [-0.39, 0.29) is 0 Å². The van der Waals surface area contributed by atoms with E-state index < -0.39 is 0 Å². The Morgan fingerprint density at radius 3 is 2.67 bits per heavy atom. The molecule has 1 aliphatic rings. The Bertz CT molecular complexity index is 375. The van der Waals surface area contributed by atoms with Gasteiger partial charge < -0.3 is 5.73 Å². The van der Waals surface area contributed by atoms with E-state index in [2.05, 4.69) is 45.9 Å². The number of rotatable bonds is 5. The van der Waals surface area contributed by atoms with E-state index in [1.807, 2.05) is 0 Å². The summed E-state index contributed by atoms with van der Waals surface area (Å²) in [4.78, 5) is 0. The van der Waals surface area contributed by atoms with Gasteiger partial charge in [0.2, 0.25) is 0 Å². The van der Waals surface area contributed by atoms with Crippen LogP contribution in [0.2, 0.25) is 0 Å². The van der Waals surface area contributed by atoms with Gasteiger partial charge in [-0.2, -0.15) is 11.8 Å². The SMILES string of the molecule is NCCCCc1ccc(C2CCSCC2)c(Br)c1. The molecule has 18 heavy (non-hydrogen) atoms. The van der Waals surface area contributed by atoms with Crippen molar-refractivity contribution in [2.45, 2.75) is 38.0 Å². The van der Waals surface area contributed by atoms with Gasteiger partial charge in [0.25, 0.3) is 0 Å². The predicted octanol–water partition coefficient (Wildman–Crippen LogP) is 4.34. The molecule has 1 aromatic carbocycles. The molecule has 0 spiro atoms. The Morgan fingerprint density at radius 1 is 1.22 bits per heavy atom. The maximum atomic E-state index is 5.53. The van der Waals surface area contributed by atoms with Crippen molar-refractivity contribution in [3.05, 3.63) is 33.8 Å².